The SMILES string of the molecule is CCn1nc(C)cc(C(N)c2ccc(C(C)C)cc2)c1=O. The zero-order chi connectivity index (χ0) is 15.6. The number of benzene rings is 1. The summed E-state index contributed by atoms with van der Waals surface area (Å²) in [5.41, 5.74) is 9.81. The van der Waals surface area contributed by atoms with Crippen LogP contribution in [0.25, 0.3) is 0 Å². The Morgan fingerprint density at radius 1 is 1.19 bits per heavy atom. The van der Waals surface area contributed by atoms with Gasteiger partial charge in [-0.15, -0.1) is 0 Å². The molecule has 0 aliphatic carbocycles. The smallest absolute Gasteiger partial charge is 0.271 e. The molecule has 0 bridgehead atoms. The van der Waals surface area contributed by atoms with Crippen molar-refractivity contribution in [2.45, 2.75) is 46.2 Å². The number of hydrogen-bond acceptors (Lipinski definition) is 3. The fourth-order valence-corrected chi connectivity index (χ4v) is 2.41. The molecule has 0 aliphatic rings. The number of aromatic nitrogens is 2. The molecule has 4 heteroatoms. The lowest BCUT2D eigenvalue weighted by Crippen LogP contribution is -2.30. The normalized spacial score (nSPS) is 12.7. The molecule has 0 saturated carbocycles. The van der Waals surface area contributed by atoms with Crippen molar-refractivity contribution in [3.05, 3.63) is 63.1 Å². The molecule has 2 rings (SSSR count). The molecule has 0 fully saturated rings. The summed E-state index contributed by atoms with van der Waals surface area (Å²) < 4.78 is 1.47. The minimum Gasteiger partial charge on any atom is -0.320 e. The second-order valence-electron chi connectivity index (χ2n) is 5.66. The minimum absolute atomic E-state index is 0.108. The van der Waals surface area contributed by atoms with E-state index in [2.05, 4.69) is 31.1 Å². The zero-order valence-corrected chi connectivity index (χ0v) is 13.1. The summed E-state index contributed by atoms with van der Waals surface area (Å²) in [5, 5.41) is 4.21. The van der Waals surface area contributed by atoms with Gasteiger partial charge in [-0.3, -0.25) is 4.79 Å². The van der Waals surface area contributed by atoms with E-state index < -0.39 is 6.04 Å². The molecule has 1 aromatic carbocycles. The fourth-order valence-electron chi connectivity index (χ4n) is 2.41. The van der Waals surface area contributed by atoms with E-state index in [1.165, 1.54) is 10.2 Å². The van der Waals surface area contributed by atoms with Gasteiger partial charge < -0.3 is 5.73 Å². The van der Waals surface area contributed by atoms with E-state index in [9.17, 15) is 4.79 Å². The third kappa shape index (κ3) is 3.22. The first kappa shape index (κ1) is 15.4. The topological polar surface area (TPSA) is 60.9 Å². The number of aryl methyl sites for hydroxylation is 2. The average molecular weight is 285 g/mol. The van der Waals surface area contributed by atoms with Crippen molar-refractivity contribution < 1.29 is 0 Å². The molecular formula is C17H23N3O. The molecule has 4 nitrogen and oxygen atoms in total. The van der Waals surface area contributed by atoms with Crippen LogP contribution in [-0.4, -0.2) is 9.78 Å². The molecule has 1 unspecified atom stereocenters. The molecule has 0 radical (unpaired) electrons. The summed E-state index contributed by atoms with van der Waals surface area (Å²) in [5.74, 6) is 0.482. The monoisotopic (exact) mass is 285 g/mol. The van der Waals surface area contributed by atoms with Crippen LogP contribution < -0.4 is 11.3 Å². The summed E-state index contributed by atoms with van der Waals surface area (Å²) in [6.45, 7) is 8.64. The Balaban J connectivity index is 2.42. The van der Waals surface area contributed by atoms with E-state index in [0.717, 1.165) is 11.3 Å². The van der Waals surface area contributed by atoms with Gasteiger partial charge in [0.15, 0.2) is 0 Å². The maximum Gasteiger partial charge on any atom is 0.271 e. The summed E-state index contributed by atoms with van der Waals surface area (Å²) >= 11 is 0. The van der Waals surface area contributed by atoms with E-state index in [1.807, 2.05) is 26.0 Å². The quantitative estimate of drug-likeness (QED) is 0.939. The van der Waals surface area contributed by atoms with Gasteiger partial charge in [-0.2, -0.15) is 5.10 Å². The molecule has 0 saturated heterocycles. The molecule has 1 aromatic heterocycles. The molecule has 0 aliphatic heterocycles. The van der Waals surface area contributed by atoms with Gasteiger partial charge in [0.1, 0.15) is 0 Å². The second-order valence-corrected chi connectivity index (χ2v) is 5.66. The highest BCUT2D eigenvalue weighted by Crippen LogP contribution is 2.20. The molecule has 1 heterocycles. The molecule has 0 spiro atoms. The molecule has 2 aromatic rings. The van der Waals surface area contributed by atoms with Crippen LogP contribution in [0.3, 0.4) is 0 Å². The maximum absolute atomic E-state index is 12.4. The van der Waals surface area contributed by atoms with E-state index in [1.54, 1.807) is 6.07 Å². The third-order valence-corrected chi connectivity index (χ3v) is 3.72. The molecule has 1 atom stereocenters. The van der Waals surface area contributed by atoms with Crippen LogP contribution in [-0.2, 0) is 6.54 Å². The van der Waals surface area contributed by atoms with E-state index in [-0.39, 0.29) is 5.56 Å². The first-order valence-corrected chi connectivity index (χ1v) is 7.38. The average Bonchev–Trinajstić information content (AvgIpc) is 2.48. The van der Waals surface area contributed by atoms with Gasteiger partial charge in [-0.25, -0.2) is 4.68 Å². The van der Waals surface area contributed by atoms with Crippen molar-refractivity contribution in [3.63, 3.8) is 0 Å². The van der Waals surface area contributed by atoms with Crippen molar-refractivity contribution in [2.24, 2.45) is 5.73 Å². The number of nitrogens with two attached hydrogens (primary N) is 1. The molecule has 112 valence electrons. The van der Waals surface area contributed by atoms with Gasteiger partial charge in [-0.05, 0) is 37.0 Å². The van der Waals surface area contributed by atoms with Crippen molar-refractivity contribution in [1.82, 2.24) is 9.78 Å². The molecule has 21 heavy (non-hydrogen) atoms. The van der Waals surface area contributed by atoms with Crippen molar-refractivity contribution in [3.8, 4) is 0 Å². The number of hydrogen-bond donors (Lipinski definition) is 1. The number of nitrogens with zero attached hydrogens (tertiary/aromatic N) is 2. The first-order chi connectivity index (χ1) is 9.93. The van der Waals surface area contributed by atoms with Gasteiger partial charge in [0.2, 0.25) is 0 Å². The Morgan fingerprint density at radius 2 is 1.76 bits per heavy atom. The Kier molecular flexibility index (Phi) is 4.58. The van der Waals surface area contributed by atoms with Gasteiger partial charge >= 0.3 is 0 Å². The Hall–Kier alpha value is -1.94. The lowest BCUT2D eigenvalue weighted by Gasteiger charge is -2.15. The van der Waals surface area contributed by atoms with Crippen LogP contribution in [0, 0.1) is 6.92 Å². The van der Waals surface area contributed by atoms with Crippen LogP contribution in [0.1, 0.15) is 55.1 Å². The van der Waals surface area contributed by atoms with Gasteiger partial charge in [-0.1, -0.05) is 38.1 Å². The highest BCUT2D eigenvalue weighted by Gasteiger charge is 2.15. The van der Waals surface area contributed by atoms with Crippen molar-refractivity contribution in [2.75, 3.05) is 0 Å². The van der Waals surface area contributed by atoms with Crippen molar-refractivity contribution >= 4 is 0 Å². The van der Waals surface area contributed by atoms with Crippen LogP contribution >= 0.6 is 0 Å². The third-order valence-electron chi connectivity index (χ3n) is 3.72. The fraction of sp³-hybridized carbons (Fsp3) is 0.412. The van der Waals surface area contributed by atoms with Crippen LogP contribution in [0.15, 0.2) is 35.1 Å². The standard InChI is InChI=1S/C17H23N3O/c1-5-20-17(21)15(10-12(4)19-20)16(18)14-8-6-13(7-9-14)11(2)3/h6-11,16H,5,18H2,1-4H3. The molecule has 0 amide bonds. The number of rotatable bonds is 4. The Morgan fingerprint density at radius 3 is 2.29 bits per heavy atom. The van der Waals surface area contributed by atoms with E-state index in [4.69, 9.17) is 5.73 Å². The zero-order valence-electron chi connectivity index (χ0n) is 13.1. The van der Waals surface area contributed by atoms with Gasteiger partial charge in [0.25, 0.3) is 5.56 Å². The van der Waals surface area contributed by atoms with E-state index >= 15 is 0 Å². The largest absolute Gasteiger partial charge is 0.320 e. The maximum atomic E-state index is 12.4. The van der Waals surface area contributed by atoms with Crippen molar-refractivity contribution in [1.29, 1.82) is 0 Å². The Bertz CT molecular complexity index is 671. The minimum atomic E-state index is -0.418. The van der Waals surface area contributed by atoms with Crippen LogP contribution in [0.2, 0.25) is 0 Å². The van der Waals surface area contributed by atoms with Gasteiger partial charge in [0, 0.05) is 12.1 Å². The van der Waals surface area contributed by atoms with Crippen LogP contribution in [0.4, 0.5) is 0 Å². The lowest BCUT2D eigenvalue weighted by atomic mass is 9.96. The summed E-state index contributed by atoms with van der Waals surface area (Å²) in [4.78, 5) is 12.4. The highest BCUT2D eigenvalue weighted by molar-refractivity contribution is 5.33. The van der Waals surface area contributed by atoms with Gasteiger partial charge in [0.05, 0.1) is 11.7 Å². The summed E-state index contributed by atoms with van der Waals surface area (Å²) in [6, 6.07) is 9.53. The van der Waals surface area contributed by atoms with Crippen LogP contribution in [0.5, 0.6) is 0 Å². The predicted octanol–water partition coefficient (Wildman–Crippen LogP) is 2.74. The second kappa shape index (κ2) is 6.22. The summed E-state index contributed by atoms with van der Waals surface area (Å²) in [6.07, 6.45) is 0. The lowest BCUT2D eigenvalue weighted by molar-refractivity contribution is 0.591. The van der Waals surface area contributed by atoms with E-state index in [0.29, 0.717) is 18.0 Å². The molecule has 2 N–H and O–H groups in total. The highest BCUT2D eigenvalue weighted by atomic mass is 16.1. The first-order valence-electron chi connectivity index (χ1n) is 7.38. The molecular weight excluding hydrogens is 262 g/mol. The predicted molar refractivity (Wildman–Crippen MR) is 85.5 cm³/mol. The Labute approximate surface area is 125 Å². The summed E-state index contributed by atoms with van der Waals surface area (Å²) in [7, 11) is 0.